The van der Waals surface area contributed by atoms with Gasteiger partial charge in [0.25, 0.3) is 0 Å². The smallest absolute Gasteiger partial charge is 0.234 e. The van der Waals surface area contributed by atoms with Gasteiger partial charge in [-0.15, -0.1) is 0 Å². The minimum atomic E-state index is -0.216. The van der Waals surface area contributed by atoms with Crippen molar-refractivity contribution in [2.45, 2.75) is 0 Å². The van der Waals surface area contributed by atoms with Crippen LogP contribution >= 0.6 is 0 Å². The molecule has 0 aromatic carbocycles. The number of hydrogen-bond acceptors (Lipinski definition) is 4. The van der Waals surface area contributed by atoms with Gasteiger partial charge in [0.2, 0.25) is 11.9 Å². The summed E-state index contributed by atoms with van der Waals surface area (Å²) in [7, 11) is 3.01. The van der Waals surface area contributed by atoms with E-state index in [9.17, 15) is 5.21 Å². The molecule has 0 heterocycles. The standard InChI is InChI=1S/C4H8N4O2/c1-7(2)8(9)6-10-4-3-5/h4H2,1-2H3. The highest BCUT2D eigenvalue weighted by Crippen LogP contribution is 1.80. The van der Waals surface area contributed by atoms with Gasteiger partial charge in [0.15, 0.2) is 0 Å². The lowest BCUT2D eigenvalue weighted by Gasteiger charge is -2.04. The average molecular weight is 144 g/mol. The summed E-state index contributed by atoms with van der Waals surface area (Å²) in [5, 5.41) is 22.6. The minimum absolute atomic E-state index is 0.216. The highest BCUT2D eigenvalue weighted by Gasteiger charge is 1.95. The first kappa shape index (κ1) is 8.49. The van der Waals surface area contributed by atoms with Crippen LogP contribution in [0.1, 0.15) is 0 Å². The van der Waals surface area contributed by atoms with Crippen molar-refractivity contribution in [3.05, 3.63) is 5.21 Å². The van der Waals surface area contributed by atoms with Crippen LogP contribution in [-0.2, 0) is 4.84 Å². The van der Waals surface area contributed by atoms with Crippen LogP contribution in [0.4, 0.5) is 0 Å². The summed E-state index contributed by atoms with van der Waals surface area (Å²) < 4.78 is 0. The number of nitrogens with zero attached hydrogens (tertiary/aromatic N) is 4. The van der Waals surface area contributed by atoms with Gasteiger partial charge in [-0.25, -0.2) is 0 Å². The first-order chi connectivity index (χ1) is 4.68. The zero-order valence-electron chi connectivity index (χ0n) is 5.81. The highest BCUT2D eigenvalue weighted by molar-refractivity contribution is 4.64. The highest BCUT2D eigenvalue weighted by atomic mass is 16.7. The van der Waals surface area contributed by atoms with E-state index in [-0.39, 0.29) is 11.6 Å². The van der Waals surface area contributed by atoms with Gasteiger partial charge in [0.1, 0.15) is 6.07 Å². The van der Waals surface area contributed by atoms with Crippen molar-refractivity contribution in [1.82, 2.24) is 5.01 Å². The van der Waals surface area contributed by atoms with Crippen molar-refractivity contribution in [2.24, 2.45) is 5.28 Å². The molecule has 0 aromatic rings. The maximum atomic E-state index is 10.5. The zero-order valence-corrected chi connectivity index (χ0v) is 5.81. The maximum absolute atomic E-state index is 10.5. The summed E-state index contributed by atoms with van der Waals surface area (Å²) in [6, 6.07) is 1.66. The van der Waals surface area contributed by atoms with Crippen LogP contribution in [0.2, 0.25) is 0 Å². The molecular weight excluding hydrogens is 136 g/mol. The molecule has 0 aliphatic carbocycles. The van der Waals surface area contributed by atoms with Gasteiger partial charge in [-0.2, -0.15) is 10.3 Å². The second-order valence-corrected chi connectivity index (χ2v) is 1.61. The van der Waals surface area contributed by atoms with Crippen LogP contribution < -0.4 is 0 Å². The SMILES string of the molecule is CN(C)[N+]([O-])=NOCC#N. The number of hydrazine groups is 1. The number of nitriles is 1. The molecule has 0 unspecified atom stereocenters. The van der Waals surface area contributed by atoms with Gasteiger partial charge in [0, 0.05) is 0 Å². The number of rotatable bonds is 3. The topological polar surface area (TPSA) is 74.7 Å². The van der Waals surface area contributed by atoms with Crippen molar-refractivity contribution in [2.75, 3.05) is 20.7 Å². The van der Waals surface area contributed by atoms with E-state index in [1.807, 2.05) is 0 Å². The molecule has 0 N–H and O–H groups in total. The van der Waals surface area contributed by atoms with Gasteiger partial charge >= 0.3 is 0 Å². The van der Waals surface area contributed by atoms with Gasteiger partial charge in [0.05, 0.1) is 19.1 Å². The van der Waals surface area contributed by atoms with Crippen molar-refractivity contribution in [3.8, 4) is 6.07 Å². The fourth-order valence-electron chi connectivity index (χ4n) is 0.180. The molecule has 10 heavy (non-hydrogen) atoms. The summed E-state index contributed by atoms with van der Waals surface area (Å²) in [6.45, 7) is -0.216. The first-order valence-electron chi connectivity index (χ1n) is 2.53. The van der Waals surface area contributed by atoms with E-state index in [4.69, 9.17) is 5.26 Å². The van der Waals surface area contributed by atoms with Crippen LogP contribution in [0.25, 0.3) is 0 Å². The third-order valence-corrected chi connectivity index (χ3v) is 0.599. The molecule has 6 nitrogen and oxygen atoms in total. The Morgan fingerprint density at radius 2 is 2.40 bits per heavy atom. The van der Waals surface area contributed by atoms with Gasteiger partial charge in [-0.1, -0.05) is 0 Å². The van der Waals surface area contributed by atoms with Crippen molar-refractivity contribution in [3.63, 3.8) is 0 Å². The Morgan fingerprint density at radius 3 is 2.80 bits per heavy atom. The average Bonchev–Trinajstić information content (AvgIpc) is 1.88. The van der Waals surface area contributed by atoms with Gasteiger partial charge in [-0.05, 0) is 0 Å². The van der Waals surface area contributed by atoms with E-state index in [2.05, 4.69) is 10.1 Å². The molecule has 0 aromatic heterocycles. The van der Waals surface area contributed by atoms with Crippen molar-refractivity contribution in [1.29, 1.82) is 5.26 Å². The molecule has 0 rings (SSSR count). The minimum Gasteiger partial charge on any atom is -0.569 e. The van der Waals surface area contributed by atoms with Crippen LogP contribution in [0, 0.1) is 16.5 Å². The number of hydrogen-bond donors (Lipinski definition) is 0. The molecule has 0 aliphatic rings. The van der Waals surface area contributed by atoms with Crippen LogP contribution in [0.15, 0.2) is 5.28 Å². The third-order valence-electron chi connectivity index (χ3n) is 0.599. The maximum Gasteiger partial charge on any atom is 0.234 e. The first-order valence-corrected chi connectivity index (χ1v) is 2.53. The molecule has 56 valence electrons. The quantitative estimate of drug-likeness (QED) is 0.239. The van der Waals surface area contributed by atoms with E-state index in [0.29, 0.717) is 0 Å². The lowest BCUT2D eigenvalue weighted by atomic mass is 10.9. The monoisotopic (exact) mass is 144 g/mol. The lowest BCUT2D eigenvalue weighted by molar-refractivity contribution is -0.699. The van der Waals surface area contributed by atoms with E-state index in [0.717, 1.165) is 5.01 Å². The predicted octanol–water partition coefficient (Wildman–Crippen LogP) is -0.119. The molecule has 0 amide bonds. The lowest BCUT2D eigenvalue weighted by Crippen LogP contribution is -2.20. The Morgan fingerprint density at radius 1 is 1.80 bits per heavy atom. The molecule has 0 bridgehead atoms. The fourth-order valence-corrected chi connectivity index (χ4v) is 0.180. The molecular formula is C4H8N4O2. The van der Waals surface area contributed by atoms with Gasteiger partial charge < -0.3 is 10.0 Å². The summed E-state index contributed by atoms with van der Waals surface area (Å²) in [5.41, 5.74) is 0. The second kappa shape index (κ2) is 4.38. The molecule has 0 fully saturated rings. The Bertz CT molecular complexity index is 159. The van der Waals surface area contributed by atoms with Crippen molar-refractivity contribution < 1.29 is 9.81 Å². The zero-order chi connectivity index (χ0) is 7.98. The molecule has 0 spiro atoms. The molecule has 0 saturated heterocycles. The van der Waals surface area contributed by atoms with Gasteiger partial charge in [-0.3, -0.25) is 0 Å². The molecule has 0 saturated carbocycles. The fraction of sp³-hybridized carbons (Fsp3) is 0.750. The summed E-state index contributed by atoms with van der Waals surface area (Å²) in [5.74, 6) is 0. The summed E-state index contributed by atoms with van der Waals surface area (Å²) in [6.07, 6.45) is 0. The summed E-state index contributed by atoms with van der Waals surface area (Å²) >= 11 is 0. The molecule has 0 radical (unpaired) electrons. The normalized spacial score (nSPS) is 10.3. The molecule has 6 heteroatoms. The van der Waals surface area contributed by atoms with E-state index >= 15 is 0 Å². The Balaban J connectivity index is 3.60. The Hall–Kier alpha value is -1.51. The van der Waals surface area contributed by atoms with Crippen LogP contribution in [0.5, 0.6) is 0 Å². The van der Waals surface area contributed by atoms with Crippen LogP contribution in [0.3, 0.4) is 0 Å². The van der Waals surface area contributed by atoms with E-state index in [1.165, 1.54) is 14.1 Å². The van der Waals surface area contributed by atoms with E-state index < -0.39 is 0 Å². The second-order valence-electron chi connectivity index (χ2n) is 1.61. The van der Waals surface area contributed by atoms with Crippen LogP contribution in [-0.4, -0.2) is 30.7 Å². The molecule has 0 atom stereocenters. The largest absolute Gasteiger partial charge is 0.569 e. The molecule has 0 aliphatic heterocycles. The Labute approximate surface area is 58.4 Å². The third kappa shape index (κ3) is 3.49. The van der Waals surface area contributed by atoms with E-state index in [1.54, 1.807) is 6.07 Å². The van der Waals surface area contributed by atoms with Crippen molar-refractivity contribution >= 4 is 0 Å². The summed E-state index contributed by atoms with van der Waals surface area (Å²) in [4.78, 5) is 4.47. The Kier molecular flexibility index (Phi) is 3.72. The predicted molar refractivity (Wildman–Crippen MR) is 31.3 cm³/mol.